The fourth-order valence-electron chi connectivity index (χ4n) is 26.8. The molecule has 0 unspecified atom stereocenters. The summed E-state index contributed by atoms with van der Waals surface area (Å²) >= 11 is 0. The summed E-state index contributed by atoms with van der Waals surface area (Å²) < 4.78 is 22.0. The molecular formula is C90H101N5O6. The summed E-state index contributed by atoms with van der Waals surface area (Å²) in [6.07, 6.45) is 53.4. The van der Waals surface area contributed by atoms with E-state index in [9.17, 15) is 15.0 Å². The van der Waals surface area contributed by atoms with E-state index in [1.165, 1.54) is 148 Å². The van der Waals surface area contributed by atoms with E-state index in [0.29, 0.717) is 66.2 Å². The lowest BCUT2D eigenvalue weighted by atomic mass is 9.58. The van der Waals surface area contributed by atoms with Gasteiger partial charge in [0.1, 0.15) is 5.78 Å². The van der Waals surface area contributed by atoms with Gasteiger partial charge in [0.15, 0.2) is 0 Å². The Labute approximate surface area is 596 Å². The van der Waals surface area contributed by atoms with E-state index in [1.807, 2.05) is 37.2 Å². The number of carbonyl (C=O) groups is 1. The normalized spacial score (nSPS) is 42.0. The van der Waals surface area contributed by atoms with Gasteiger partial charge in [-0.25, -0.2) is 0 Å². The molecule has 11 heteroatoms. The molecule has 0 amide bonds. The second kappa shape index (κ2) is 22.4. The van der Waals surface area contributed by atoms with Crippen molar-refractivity contribution >= 4 is 38.1 Å². The third kappa shape index (κ3) is 9.14. The molecule has 17 atom stereocenters. The molecule has 23 rings (SSSR count). The second-order valence-electron chi connectivity index (χ2n) is 36.3. The van der Waals surface area contributed by atoms with Gasteiger partial charge in [0.25, 0.3) is 0 Å². The molecule has 11 fully saturated rings. The molecule has 522 valence electrons. The van der Waals surface area contributed by atoms with Crippen LogP contribution >= 0.6 is 0 Å². The summed E-state index contributed by atoms with van der Waals surface area (Å²) in [6, 6.07) is 28.6. The Morgan fingerprint density at radius 1 is 0.416 bits per heavy atom. The van der Waals surface area contributed by atoms with Gasteiger partial charge in [0, 0.05) is 104 Å². The number of benzene rings is 3. The average Bonchev–Trinajstić information content (AvgIpc) is 1.52. The molecule has 8 aliphatic heterocycles. The van der Waals surface area contributed by atoms with Crippen LogP contribution in [0.5, 0.6) is 0 Å². The first kappa shape index (κ1) is 63.2. The molecule has 6 bridgehead atoms. The quantitative estimate of drug-likeness (QED) is 0.171. The van der Waals surface area contributed by atoms with Crippen LogP contribution in [0.25, 0.3) is 32.3 Å². The van der Waals surface area contributed by atoms with E-state index in [2.05, 4.69) is 155 Å². The van der Waals surface area contributed by atoms with Crippen molar-refractivity contribution in [1.29, 1.82) is 0 Å². The van der Waals surface area contributed by atoms with Crippen molar-refractivity contribution in [1.82, 2.24) is 24.8 Å². The minimum atomic E-state index is -0.294. The maximum absolute atomic E-state index is 12.4. The highest BCUT2D eigenvalue weighted by Gasteiger charge is 2.70. The van der Waals surface area contributed by atoms with Crippen LogP contribution in [0, 0.1) is 34.0 Å². The number of aliphatic hydroxyl groups excluding tert-OH is 2. The van der Waals surface area contributed by atoms with Gasteiger partial charge in [-0.2, -0.15) is 0 Å². The van der Waals surface area contributed by atoms with Gasteiger partial charge >= 0.3 is 0 Å². The number of hydrogen-bond acceptors (Lipinski definition) is 11. The number of carbonyl (C=O) groups excluding carboxylic acids is 1. The topological polar surface area (TPSA) is 130 Å². The Balaban J connectivity index is 0.0000000991. The number of pyridine rings is 3. The lowest BCUT2D eigenvalue weighted by molar-refractivity contribution is -0.147. The lowest BCUT2D eigenvalue weighted by Gasteiger charge is -2.55. The van der Waals surface area contributed by atoms with Crippen LogP contribution < -0.4 is 0 Å². The van der Waals surface area contributed by atoms with Crippen molar-refractivity contribution in [3.63, 3.8) is 0 Å². The molecule has 101 heavy (non-hydrogen) atoms. The van der Waals surface area contributed by atoms with Crippen LogP contribution in [-0.4, -0.2) is 125 Å². The maximum atomic E-state index is 12.4. The van der Waals surface area contributed by atoms with Crippen LogP contribution in [0.15, 0.2) is 180 Å². The summed E-state index contributed by atoms with van der Waals surface area (Å²) in [5.74, 6) is 3.72. The highest BCUT2D eigenvalue weighted by Crippen LogP contribution is 2.73. The third-order valence-electron chi connectivity index (χ3n) is 31.8. The van der Waals surface area contributed by atoms with E-state index >= 15 is 0 Å². The first-order valence-electron chi connectivity index (χ1n) is 39.7. The Morgan fingerprint density at radius 3 is 1.17 bits per heavy atom. The molecule has 9 aliphatic carbocycles. The first-order chi connectivity index (χ1) is 49.0. The van der Waals surface area contributed by atoms with Crippen LogP contribution in [0.4, 0.5) is 0 Å². The molecule has 6 saturated carbocycles. The Hall–Kier alpha value is -6.28. The zero-order valence-electron chi connectivity index (χ0n) is 59.7. The number of β-amino-alcohol motifs (C(OH)–C–C–N with tert-alkyl or cyclic N) is 2. The minimum absolute atomic E-state index is 0.0637. The van der Waals surface area contributed by atoms with Crippen LogP contribution in [0.3, 0.4) is 0 Å². The molecule has 6 aromatic rings. The summed E-state index contributed by atoms with van der Waals surface area (Å²) in [7, 11) is 0. The number of Topliss-reactive ketones (excluding diaryl/α,β-unsaturated/α-hetero) is 1. The number of hydrogen-bond donors (Lipinski definition) is 2. The Morgan fingerprint density at radius 2 is 0.782 bits per heavy atom. The zero-order chi connectivity index (χ0) is 67.7. The summed E-state index contributed by atoms with van der Waals surface area (Å²) in [6.45, 7) is 11.0. The number of rotatable bonds is 5. The van der Waals surface area contributed by atoms with E-state index in [0.717, 1.165) is 90.4 Å². The second-order valence-corrected chi connectivity index (χ2v) is 36.3. The standard InChI is InChI=1S/2C31H36N2O2.C28H29NO2/c2*1-29-10-8-24-15-23-4-5-25(33-18-26(34)19-33)16-30(23)11-12-31(24,35-30)28(29)7-6-27(29)21-3-2-20-9-13-32-17-22(20)14-21;1-26-10-8-22-15-21-4-5-23(30)16-27(21)11-12-28(22,31-27)25(26)7-6-24(26)19-3-2-18-9-13-29-17-20(18)14-19/h2*2-3,8-9,13-15,17,25-28,34H,4-7,10-12,16,18-19H2,1H3;2-3,8-9,13-15,17,24-25H,4-7,10-12,16H2,1H3/t25-,27+,28+,29+,30+,31+;25-,27-,28-,29-,30-,31-;24-,25-,26-,27-,28-/m011/s1. The predicted octanol–water partition coefficient (Wildman–Crippen LogP) is 17.1. The number of likely N-dealkylation sites (tertiary alicyclic amines) is 2. The summed E-state index contributed by atoms with van der Waals surface area (Å²) in [4.78, 5) is 30.5. The van der Waals surface area contributed by atoms with Gasteiger partial charge in [-0.05, 0) is 296 Å². The molecule has 6 spiro atoms. The summed E-state index contributed by atoms with van der Waals surface area (Å²) in [5, 5.41) is 27.3. The van der Waals surface area contributed by atoms with Crippen molar-refractivity contribution in [2.45, 2.75) is 251 Å². The van der Waals surface area contributed by atoms with Gasteiger partial charge in [-0.3, -0.25) is 29.5 Å². The van der Waals surface area contributed by atoms with Gasteiger partial charge in [-0.15, -0.1) is 0 Å². The molecule has 2 N–H and O–H groups in total. The highest BCUT2D eigenvalue weighted by molar-refractivity contribution is 5.85. The average molecular weight is 1350 g/mol. The number of ether oxygens (including phenoxy) is 3. The van der Waals surface area contributed by atoms with Crippen molar-refractivity contribution < 1.29 is 29.2 Å². The number of ketones is 1. The Kier molecular flexibility index (Phi) is 14.0. The number of allylic oxidation sites excluding steroid dienone is 3. The smallest absolute Gasteiger partial charge is 0.136 e. The van der Waals surface area contributed by atoms with Crippen LogP contribution in [0.1, 0.15) is 209 Å². The molecule has 11 heterocycles. The molecule has 5 saturated heterocycles. The van der Waals surface area contributed by atoms with Gasteiger partial charge in [-0.1, -0.05) is 93.6 Å². The molecule has 3 aromatic heterocycles. The van der Waals surface area contributed by atoms with Crippen molar-refractivity contribution in [3.8, 4) is 0 Å². The minimum Gasteiger partial charge on any atom is -0.390 e. The van der Waals surface area contributed by atoms with Gasteiger partial charge < -0.3 is 24.4 Å². The van der Waals surface area contributed by atoms with E-state index in [-0.39, 0.29) is 62.1 Å². The van der Waals surface area contributed by atoms with Crippen molar-refractivity contribution in [2.75, 3.05) is 26.2 Å². The number of aliphatic hydroxyl groups is 2. The van der Waals surface area contributed by atoms with Gasteiger partial charge in [0.2, 0.25) is 0 Å². The number of fused-ring (bicyclic) bond motifs is 6. The summed E-state index contributed by atoms with van der Waals surface area (Å²) in [5.41, 5.74) is 13.2. The van der Waals surface area contributed by atoms with Crippen molar-refractivity contribution in [3.05, 3.63) is 197 Å². The maximum Gasteiger partial charge on any atom is 0.136 e. The predicted molar refractivity (Wildman–Crippen MR) is 395 cm³/mol. The Bertz CT molecular complexity index is 4470. The monoisotopic (exact) mass is 1350 g/mol. The molecule has 17 aliphatic rings. The third-order valence-corrected chi connectivity index (χ3v) is 31.8. The van der Waals surface area contributed by atoms with Crippen LogP contribution in [-0.2, 0) is 19.0 Å². The molecule has 11 nitrogen and oxygen atoms in total. The zero-order valence-corrected chi connectivity index (χ0v) is 59.7. The fourth-order valence-corrected chi connectivity index (χ4v) is 26.8. The molecule has 0 radical (unpaired) electrons. The van der Waals surface area contributed by atoms with E-state index in [1.54, 1.807) is 11.1 Å². The molecule has 3 aromatic carbocycles. The van der Waals surface area contributed by atoms with Gasteiger partial charge in [0.05, 0.1) is 45.8 Å². The lowest BCUT2D eigenvalue weighted by Crippen LogP contribution is -2.60. The molecular weight excluding hydrogens is 1250 g/mol. The van der Waals surface area contributed by atoms with Crippen molar-refractivity contribution in [2.24, 2.45) is 34.0 Å². The SMILES string of the molecule is C[C@]12CC=C3C=C4CCC(=O)C[C@]45CC[C@]3(O5)[C@@H]1CC[C@@H]2c1ccc2ccncc2c1.C[C@]12CC=C3C=C4CC[C@@H](N5CC(O)C5)C[C@]45CC[C@]3(O5)[C@@H]1CC[C@@H]2c1ccc2ccncc2c1.C[C@]12CC=C3C=C4CC[C@H](N5CC(O)C5)C[C@]45CC[C@]3(O5)[C@@H]1CC[C@@H]2c1ccc2ccncc2c1. The first-order valence-corrected chi connectivity index (χ1v) is 39.7. The fraction of sp³-hybridized carbons (Fsp3) is 0.556. The van der Waals surface area contributed by atoms with Crippen LogP contribution in [0.2, 0.25) is 0 Å². The number of aromatic nitrogens is 3. The van der Waals surface area contributed by atoms with E-state index in [4.69, 9.17) is 14.2 Å². The van der Waals surface area contributed by atoms with E-state index < -0.39 is 0 Å². The number of nitrogens with zero attached hydrogens (tertiary/aromatic N) is 5. The highest BCUT2D eigenvalue weighted by atomic mass is 16.5. The largest absolute Gasteiger partial charge is 0.390 e.